The van der Waals surface area contributed by atoms with E-state index in [1.165, 1.54) is 12.1 Å². The van der Waals surface area contributed by atoms with Crippen molar-refractivity contribution in [2.75, 3.05) is 0 Å². The molecule has 3 rings (SSSR count). The molecule has 0 saturated carbocycles. The lowest BCUT2D eigenvalue weighted by Crippen LogP contribution is -2.01. The summed E-state index contributed by atoms with van der Waals surface area (Å²) in [4.78, 5) is 11.3. The Labute approximate surface area is 126 Å². The summed E-state index contributed by atoms with van der Waals surface area (Å²) in [5.74, 6) is -0.285. The van der Waals surface area contributed by atoms with Crippen molar-refractivity contribution in [3.8, 4) is 0 Å². The minimum Gasteiger partial charge on any atom is -0.326 e. The number of aryl methyl sites for hydroxylation is 1. The molecular formula is C17H13ClFNO. The van der Waals surface area contributed by atoms with Gasteiger partial charge in [0.2, 0.25) is 0 Å². The van der Waals surface area contributed by atoms with Crippen LogP contribution in [0.15, 0.2) is 42.5 Å². The van der Waals surface area contributed by atoms with Gasteiger partial charge in [-0.05, 0) is 30.2 Å². The van der Waals surface area contributed by atoms with Gasteiger partial charge in [-0.3, -0.25) is 4.79 Å². The molecule has 1 heterocycles. The van der Waals surface area contributed by atoms with Crippen molar-refractivity contribution in [3.63, 3.8) is 0 Å². The zero-order chi connectivity index (χ0) is 15.0. The average Bonchev–Trinajstić information content (AvgIpc) is 2.72. The summed E-state index contributed by atoms with van der Waals surface area (Å²) < 4.78 is 15.2. The number of nitrogens with zero attached hydrogens (tertiary/aromatic N) is 1. The van der Waals surface area contributed by atoms with E-state index in [1.807, 2.05) is 35.8 Å². The molecule has 0 atom stereocenters. The molecule has 21 heavy (non-hydrogen) atoms. The predicted octanol–water partition coefficient (Wildman–Crippen LogP) is 4.60. The van der Waals surface area contributed by atoms with Gasteiger partial charge in [-0.25, -0.2) is 4.39 Å². The Hall–Kier alpha value is -2.13. The number of benzene rings is 2. The van der Waals surface area contributed by atoms with Crippen molar-refractivity contribution in [1.29, 1.82) is 0 Å². The van der Waals surface area contributed by atoms with E-state index < -0.39 is 0 Å². The standard InChI is InChI=1S/C17H13ClFNO/c1-11-4-2-7-14-15(10-21)17(18)20(16(11)14)9-12-5-3-6-13(19)8-12/h2-8,10H,9H2,1H3. The first kappa shape index (κ1) is 13.8. The quantitative estimate of drug-likeness (QED) is 0.648. The number of aromatic nitrogens is 1. The number of halogens is 2. The van der Waals surface area contributed by atoms with Gasteiger partial charge in [-0.15, -0.1) is 0 Å². The minimum atomic E-state index is -0.285. The highest BCUT2D eigenvalue weighted by Crippen LogP contribution is 2.31. The molecule has 0 radical (unpaired) electrons. The summed E-state index contributed by atoms with van der Waals surface area (Å²) in [7, 11) is 0. The van der Waals surface area contributed by atoms with Crippen LogP contribution in [0.5, 0.6) is 0 Å². The highest BCUT2D eigenvalue weighted by Gasteiger charge is 2.16. The lowest BCUT2D eigenvalue weighted by atomic mass is 10.1. The summed E-state index contributed by atoms with van der Waals surface area (Å²) in [6.45, 7) is 2.39. The summed E-state index contributed by atoms with van der Waals surface area (Å²) in [5.41, 5.74) is 3.22. The van der Waals surface area contributed by atoms with Crippen molar-refractivity contribution < 1.29 is 9.18 Å². The van der Waals surface area contributed by atoms with Gasteiger partial charge in [0, 0.05) is 11.9 Å². The Morgan fingerprint density at radius 2 is 2.00 bits per heavy atom. The third-order valence-electron chi connectivity index (χ3n) is 3.60. The van der Waals surface area contributed by atoms with Gasteiger partial charge in [0.1, 0.15) is 11.0 Å². The third kappa shape index (κ3) is 2.34. The fourth-order valence-electron chi connectivity index (χ4n) is 2.67. The Kier molecular flexibility index (Phi) is 3.52. The fraction of sp³-hybridized carbons (Fsp3) is 0.118. The largest absolute Gasteiger partial charge is 0.326 e. The summed E-state index contributed by atoms with van der Waals surface area (Å²) in [6.07, 6.45) is 0.770. The zero-order valence-corrected chi connectivity index (χ0v) is 12.2. The number of rotatable bonds is 3. The Bertz CT molecular complexity index is 838. The van der Waals surface area contributed by atoms with Gasteiger partial charge < -0.3 is 4.57 Å². The van der Waals surface area contributed by atoms with Gasteiger partial charge >= 0.3 is 0 Å². The van der Waals surface area contributed by atoms with Crippen LogP contribution in [0.1, 0.15) is 21.5 Å². The Morgan fingerprint density at radius 1 is 1.24 bits per heavy atom. The van der Waals surface area contributed by atoms with Crippen LogP contribution in [0, 0.1) is 12.7 Å². The number of carbonyl (C=O) groups is 1. The predicted molar refractivity (Wildman–Crippen MR) is 82.6 cm³/mol. The number of hydrogen-bond donors (Lipinski definition) is 0. The molecule has 0 spiro atoms. The van der Waals surface area contributed by atoms with E-state index in [4.69, 9.17) is 11.6 Å². The van der Waals surface area contributed by atoms with Crippen LogP contribution < -0.4 is 0 Å². The minimum absolute atomic E-state index is 0.285. The van der Waals surface area contributed by atoms with Crippen LogP contribution in [0.3, 0.4) is 0 Å². The van der Waals surface area contributed by atoms with E-state index >= 15 is 0 Å². The van der Waals surface area contributed by atoms with Crippen molar-refractivity contribution >= 4 is 28.8 Å². The molecule has 106 valence electrons. The van der Waals surface area contributed by atoms with E-state index in [2.05, 4.69) is 0 Å². The molecule has 0 N–H and O–H groups in total. The van der Waals surface area contributed by atoms with E-state index in [1.54, 1.807) is 6.07 Å². The van der Waals surface area contributed by atoms with Gasteiger partial charge in [0.05, 0.1) is 11.1 Å². The van der Waals surface area contributed by atoms with Crippen molar-refractivity contribution in [1.82, 2.24) is 4.57 Å². The molecule has 2 nitrogen and oxygen atoms in total. The molecule has 3 aromatic rings. The second kappa shape index (κ2) is 5.34. The number of hydrogen-bond acceptors (Lipinski definition) is 1. The van der Waals surface area contributed by atoms with Gasteiger partial charge in [-0.2, -0.15) is 0 Å². The van der Waals surface area contributed by atoms with Crippen LogP contribution in [0.4, 0.5) is 4.39 Å². The zero-order valence-electron chi connectivity index (χ0n) is 11.4. The molecule has 0 saturated heterocycles. The molecule has 0 amide bonds. The first-order chi connectivity index (χ1) is 10.1. The van der Waals surface area contributed by atoms with Crippen molar-refractivity contribution in [2.45, 2.75) is 13.5 Å². The molecule has 1 aromatic heterocycles. The molecule has 0 fully saturated rings. The molecule has 0 unspecified atom stereocenters. The monoisotopic (exact) mass is 301 g/mol. The topological polar surface area (TPSA) is 22.0 Å². The Morgan fingerprint density at radius 3 is 2.71 bits per heavy atom. The number of fused-ring (bicyclic) bond motifs is 1. The highest BCUT2D eigenvalue weighted by molar-refractivity contribution is 6.34. The van der Waals surface area contributed by atoms with E-state index in [-0.39, 0.29) is 5.82 Å². The molecule has 0 aliphatic carbocycles. The second-order valence-corrected chi connectivity index (χ2v) is 5.37. The highest BCUT2D eigenvalue weighted by atomic mass is 35.5. The van der Waals surface area contributed by atoms with Crippen LogP contribution in [-0.4, -0.2) is 10.9 Å². The van der Waals surface area contributed by atoms with Gasteiger partial charge in [0.25, 0.3) is 0 Å². The normalized spacial score (nSPS) is 11.0. The molecule has 0 bridgehead atoms. The van der Waals surface area contributed by atoms with E-state index in [0.717, 1.165) is 28.3 Å². The maximum absolute atomic E-state index is 13.3. The smallest absolute Gasteiger partial charge is 0.153 e. The SMILES string of the molecule is Cc1cccc2c(C=O)c(Cl)n(Cc3cccc(F)c3)c12. The lowest BCUT2D eigenvalue weighted by molar-refractivity contribution is 0.112. The van der Waals surface area contributed by atoms with Crippen LogP contribution in [0.2, 0.25) is 5.15 Å². The van der Waals surface area contributed by atoms with Crippen molar-refractivity contribution in [3.05, 3.63) is 70.1 Å². The first-order valence-corrected chi connectivity index (χ1v) is 6.96. The van der Waals surface area contributed by atoms with Crippen molar-refractivity contribution in [2.24, 2.45) is 0 Å². The van der Waals surface area contributed by atoms with Gasteiger partial charge in [-0.1, -0.05) is 41.9 Å². The summed E-state index contributed by atoms with van der Waals surface area (Å²) >= 11 is 6.35. The molecule has 2 aromatic carbocycles. The van der Waals surface area contributed by atoms with Crippen LogP contribution >= 0.6 is 11.6 Å². The first-order valence-electron chi connectivity index (χ1n) is 6.58. The average molecular weight is 302 g/mol. The maximum Gasteiger partial charge on any atom is 0.153 e. The summed E-state index contributed by atoms with van der Waals surface area (Å²) in [6, 6.07) is 12.1. The summed E-state index contributed by atoms with van der Waals surface area (Å²) in [5, 5.41) is 1.21. The number of carbonyl (C=O) groups excluding carboxylic acids is 1. The molecule has 4 heteroatoms. The van der Waals surface area contributed by atoms with E-state index in [0.29, 0.717) is 17.3 Å². The van der Waals surface area contributed by atoms with E-state index in [9.17, 15) is 9.18 Å². The number of aldehydes is 1. The molecule has 0 aliphatic rings. The van der Waals surface area contributed by atoms with Crippen LogP contribution in [0.25, 0.3) is 10.9 Å². The lowest BCUT2D eigenvalue weighted by Gasteiger charge is -2.09. The van der Waals surface area contributed by atoms with Crippen LogP contribution in [-0.2, 0) is 6.54 Å². The maximum atomic E-state index is 13.3. The van der Waals surface area contributed by atoms with Gasteiger partial charge in [0.15, 0.2) is 6.29 Å². The molecular weight excluding hydrogens is 289 g/mol. The second-order valence-electron chi connectivity index (χ2n) is 5.01. The Balaban J connectivity index is 2.22. The molecule has 0 aliphatic heterocycles. The third-order valence-corrected chi connectivity index (χ3v) is 4.01. The number of para-hydroxylation sites is 1. The fourth-order valence-corrected chi connectivity index (χ4v) is 2.96.